The van der Waals surface area contributed by atoms with Gasteiger partial charge in [-0.25, -0.2) is 13.6 Å². The molecule has 2 aromatic carbocycles. The Labute approximate surface area is 138 Å². The first kappa shape index (κ1) is 16.8. The second-order valence-electron chi connectivity index (χ2n) is 4.60. The topological polar surface area (TPSA) is 89.3 Å². The van der Waals surface area contributed by atoms with Gasteiger partial charge < -0.3 is 5.32 Å². The average molecular weight is 359 g/mol. The molecule has 2 rings (SSSR count). The number of anilines is 1. The number of aryl methyl sites for hydroxylation is 1. The van der Waals surface area contributed by atoms with E-state index < -0.39 is 15.9 Å². The zero-order valence-corrected chi connectivity index (χ0v) is 13.8. The number of primary sulfonamides is 1. The van der Waals surface area contributed by atoms with Crippen LogP contribution in [0.2, 0.25) is 10.0 Å². The van der Waals surface area contributed by atoms with E-state index in [0.717, 1.165) is 11.6 Å². The van der Waals surface area contributed by atoms with Crippen molar-refractivity contribution in [3.05, 3.63) is 57.6 Å². The fraction of sp³-hybridized carbons (Fsp3) is 0.0714. The fourth-order valence-electron chi connectivity index (χ4n) is 1.79. The van der Waals surface area contributed by atoms with Gasteiger partial charge in [-0.3, -0.25) is 4.79 Å². The molecule has 116 valence electrons. The van der Waals surface area contributed by atoms with Crippen molar-refractivity contribution in [3.63, 3.8) is 0 Å². The van der Waals surface area contributed by atoms with Gasteiger partial charge in [-0.1, -0.05) is 29.3 Å². The fourth-order valence-corrected chi connectivity index (χ4v) is 3.03. The number of nitrogens with two attached hydrogens (primary N) is 1. The number of amides is 1. The molecule has 0 aromatic heterocycles. The van der Waals surface area contributed by atoms with E-state index in [1.807, 2.05) is 6.92 Å². The molecule has 8 heteroatoms. The molecule has 2 aromatic rings. The highest BCUT2D eigenvalue weighted by Gasteiger charge is 2.17. The highest BCUT2D eigenvalue weighted by atomic mass is 35.5. The number of sulfonamides is 1. The van der Waals surface area contributed by atoms with Crippen molar-refractivity contribution in [1.29, 1.82) is 0 Å². The summed E-state index contributed by atoms with van der Waals surface area (Å²) < 4.78 is 22.9. The summed E-state index contributed by atoms with van der Waals surface area (Å²) in [6.07, 6.45) is 0. The Balaban J connectivity index is 2.36. The maximum Gasteiger partial charge on any atom is 0.255 e. The van der Waals surface area contributed by atoms with E-state index in [0.29, 0.717) is 10.7 Å². The second-order valence-corrected chi connectivity index (χ2v) is 6.98. The van der Waals surface area contributed by atoms with Gasteiger partial charge in [0.2, 0.25) is 10.0 Å². The van der Waals surface area contributed by atoms with Crippen LogP contribution in [0.3, 0.4) is 0 Å². The maximum atomic E-state index is 12.2. The number of nitrogens with one attached hydrogen (secondary N) is 1. The third-order valence-electron chi connectivity index (χ3n) is 2.95. The summed E-state index contributed by atoms with van der Waals surface area (Å²) in [5, 5.41) is 8.16. The van der Waals surface area contributed by atoms with E-state index in [4.69, 9.17) is 28.3 Å². The minimum absolute atomic E-state index is 0.0435. The van der Waals surface area contributed by atoms with E-state index in [9.17, 15) is 13.2 Å². The Bertz CT molecular complexity index is 851. The molecule has 0 fully saturated rings. The van der Waals surface area contributed by atoms with E-state index in [1.165, 1.54) is 12.1 Å². The van der Waals surface area contributed by atoms with Crippen molar-refractivity contribution in [3.8, 4) is 0 Å². The Morgan fingerprint density at radius 2 is 1.82 bits per heavy atom. The summed E-state index contributed by atoms with van der Waals surface area (Å²) in [6.45, 7) is 1.81. The number of halogens is 2. The highest BCUT2D eigenvalue weighted by Crippen LogP contribution is 2.24. The molecule has 0 saturated heterocycles. The van der Waals surface area contributed by atoms with Crippen LogP contribution >= 0.6 is 23.2 Å². The van der Waals surface area contributed by atoms with Crippen molar-refractivity contribution in [1.82, 2.24) is 0 Å². The van der Waals surface area contributed by atoms with Crippen molar-refractivity contribution < 1.29 is 13.2 Å². The Kier molecular flexibility index (Phi) is 4.77. The predicted molar refractivity (Wildman–Crippen MR) is 87.0 cm³/mol. The number of carbonyl (C=O) groups is 1. The molecule has 3 N–H and O–H groups in total. The molecule has 0 saturated carbocycles. The quantitative estimate of drug-likeness (QED) is 0.882. The molecular formula is C14H12Cl2N2O3S. The maximum absolute atomic E-state index is 12.2. The third-order valence-corrected chi connectivity index (χ3v) is 4.58. The lowest BCUT2D eigenvalue weighted by Gasteiger charge is -2.10. The molecule has 0 aliphatic carbocycles. The van der Waals surface area contributed by atoms with Crippen LogP contribution in [0, 0.1) is 6.92 Å². The molecule has 22 heavy (non-hydrogen) atoms. The molecule has 0 unspecified atom stereocenters. The summed E-state index contributed by atoms with van der Waals surface area (Å²) in [6, 6.07) is 8.91. The molecule has 0 aliphatic heterocycles. The van der Waals surface area contributed by atoms with Crippen LogP contribution in [0.1, 0.15) is 15.9 Å². The van der Waals surface area contributed by atoms with Gasteiger partial charge in [-0.15, -0.1) is 0 Å². The molecule has 0 atom stereocenters. The predicted octanol–water partition coefficient (Wildman–Crippen LogP) is 3.20. The smallest absolute Gasteiger partial charge is 0.255 e. The van der Waals surface area contributed by atoms with Crippen LogP contribution in [0.15, 0.2) is 41.3 Å². The summed E-state index contributed by atoms with van der Waals surface area (Å²) in [5.41, 5.74) is 1.47. The van der Waals surface area contributed by atoms with Gasteiger partial charge in [-0.2, -0.15) is 0 Å². The van der Waals surface area contributed by atoms with Crippen LogP contribution in [-0.4, -0.2) is 14.3 Å². The SMILES string of the molecule is Cc1ccc(Cl)cc1NC(=O)c1ccc(Cl)c(S(N)(=O)=O)c1. The van der Waals surface area contributed by atoms with Crippen molar-refractivity contribution in [2.45, 2.75) is 11.8 Å². The van der Waals surface area contributed by atoms with Crippen molar-refractivity contribution in [2.75, 3.05) is 5.32 Å². The minimum atomic E-state index is -4.01. The summed E-state index contributed by atoms with van der Waals surface area (Å²) >= 11 is 11.7. The van der Waals surface area contributed by atoms with Crippen LogP contribution < -0.4 is 10.5 Å². The van der Waals surface area contributed by atoms with E-state index in [2.05, 4.69) is 5.32 Å². The Morgan fingerprint density at radius 1 is 1.14 bits per heavy atom. The van der Waals surface area contributed by atoms with Gasteiger partial charge >= 0.3 is 0 Å². The van der Waals surface area contributed by atoms with Gasteiger partial charge in [0.1, 0.15) is 4.90 Å². The van der Waals surface area contributed by atoms with Crippen molar-refractivity contribution >= 4 is 44.8 Å². The lowest BCUT2D eigenvalue weighted by Crippen LogP contribution is -2.16. The first-order valence-corrected chi connectivity index (χ1v) is 8.38. The van der Waals surface area contributed by atoms with Crippen LogP contribution in [-0.2, 0) is 10.0 Å². The van der Waals surface area contributed by atoms with E-state index in [1.54, 1.807) is 18.2 Å². The summed E-state index contributed by atoms with van der Waals surface area (Å²) in [7, 11) is -4.01. The molecule has 5 nitrogen and oxygen atoms in total. The molecule has 0 spiro atoms. The number of hydrogen-bond donors (Lipinski definition) is 2. The number of benzene rings is 2. The Morgan fingerprint density at radius 3 is 2.45 bits per heavy atom. The number of hydrogen-bond acceptors (Lipinski definition) is 3. The third kappa shape index (κ3) is 3.78. The molecular weight excluding hydrogens is 347 g/mol. The zero-order chi connectivity index (χ0) is 16.5. The second kappa shape index (κ2) is 6.26. The highest BCUT2D eigenvalue weighted by molar-refractivity contribution is 7.89. The summed E-state index contributed by atoms with van der Waals surface area (Å²) in [4.78, 5) is 11.9. The molecule has 1 amide bonds. The zero-order valence-electron chi connectivity index (χ0n) is 11.4. The van der Waals surface area contributed by atoms with Gasteiger partial charge in [0.25, 0.3) is 5.91 Å². The first-order chi connectivity index (χ1) is 10.2. The van der Waals surface area contributed by atoms with Gasteiger partial charge in [0.15, 0.2) is 0 Å². The normalized spacial score (nSPS) is 11.3. The van der Waals surface area contributed by atoms with Crippen molar-refractivity contribution in [2.24, 2.45) is 5.14 Å². The molecule has 0 heterocycles. The van der Waals surface area contributed by atoms with Crippen LogP contribution in [0.5, 0.6) is 0 Å². The largest absolute Gasteiger partial charge is 0.322 e. The summed E-state index contributed by atoms with van der Waals surface area (Å²) in [5.74, 6) is -0.494. The Hall–Kier alpha value is -1.60. The van der Waals surface area contributed by atoms with Gasteiger partial charge in [0, 0.05) is 16.3 Å². The van der Waals surface area contributed by atoms with Crippen LogP contribution in [0.4, 0.5) is 5.69 Å². The lowest BCUT2D eigenvalue weighted by molar-refractivity contribution is 0.102. The monoisotopic (exact) mass is 358 g/mol. The lowest BCUT2D eigenvalue weighted by atomic mass is 10.1. The van der Waals surface area contributed by atoms with E-state index >= 15 is 0 Å². The first-order valence-electron chi connectivity index (χ1n) is 6.08. The van der Waals surface area contributed by atoms with Gasteiger partial charge in [0.05, 0.1) is 5.02 Å². The molecule has 0 radical (unpaired) electrons. The minimum Gasteiger partial charge on any atom is -0.322 e. The molecule has 0 bridgehead atoms. The van der Waals surface area contributed by atoms with Crippen LogP contribution in [0.25, 0.3) is 0 Å². The molecule has 0 aliphatic rings. The van der Waals surface area contributed by atoms with Gasteiger partial charge in [-0.05, 0) is 42.8 Å². The van der Waals surface area contributed by atoms with E-state index in [-0.39, 0.29) is 15.5 Å². The standard InChI is InChI=1S/C14H12Cl2N2O3S/c1-8-2-4-10(15)7-12(8)18-14(19)9-3-5-11(16)13(6-9)22(17,20)21/h2-7H,1H3,(H,18,19)(H2,17,20,21). The number of carbonyl (C=O) groups excluding carboxylic acids is 1. The average Bonchev–Trinajstić information content (AvgIpc) is 2.42. The number of rotatable bonds is 3.